The summed E-state index contributed by atoms with van der Waals surface area (Å²) in [7, 11) is 0. The van der Waals surface area contributed by atoms with Gasteiger partial charge in [-0.1, -0.05) is 11.6 Å². The number of carbonyl (C=O) groups is 1. The normalized spacial score (nSPS) is 18.7. The highest BCUT2D eigenvalue weighted by molar-refractivity contribution is 6.35. The summed E-state index contributed by atoms with van der Waals surface area (Å²) in [5.41, 5.74) is -1.93. The van der Waals surface area contributed by atoms with Gasteiger partial charge in [0.1, 0.15) is 5.72 Å². The third kappa shape index (κ3) is 3.46. The summed E-state index contributed by atoms with van der Waals surface area (Å²) < 4.78 is 28.1. The first-order chi connectivity index (χ1) is 12.2. The highest BCUT2D eigenvalue weighted by Gasteiger charge is 2.43. The Morgan fingerprint density at radius 1 is 1.23 bits per heavy atom. The Kier molecular flexibility index (Phi) is 4.79. The van der Waals surface area contributed by atoms with Gasteiger partial charge in [-0.05, 0) is 25.1 Å². The molecular weight excluding hydrogens is 366 g/mol. The second-order valence-electron chi connectivity index (χ2n) is 6.63. The number of rotatable bonds is 3. The number of benzene rings is 1. The number of amides is 1. The van der Waals surface area contributed by atoms with Crippen LogP contribution in [0.3, 0.4) is 0 Å². The fourth-order valence-corrected chi connectivity index (χ4v) is 3.50. The molecule has 0 radical (unpaired) electrons. The first kappa shape index (κ1) is 18.8. The van der Waals surface area contributed by atoms with Crippen LogP contribution in [0.4, 0.5) is 8.78 Å². The van der Waals surface area contributed by atoms with Gasteiger partial charge < -0.3 is 15.0 Å². The zero-order valence-corrected chi connectivity index (χ0v) is 14.9. The van der Waals surface area contributed by atoms with E-state index in [0.717, 1.165) is 0 Å². The summed E-state index contributed by atoms with van der Waals surface area (Å²) >= 11 is 6.16. The maximum absolute atomic E-state index is 13.3. The Bertz CT molecular complexity index is 917. The summed E-state index contributed by atoms with van der Waals surface area (Å²) in [6.07, 6.45) is 0.0453. The van der Waals surface area contributed by atoms with Crippen LogP contribution >= 0.6 is 11.6 Å². The molecule has 140 valence electrons. The van der Waals surface area contributed by atoms with Gasteiger partial charge in [0.25, 0.3) is 11.5 Å². The van der Waals surface area contributed by atoms with Crippen LogP contribution in [-0.2, 0) is 6.54 Å². The van der Waals surface area contributed by atoms with E-state index in [9.17, 15) is 23.5 Å². The van der Waals surface area contributed by atoms with Crippen molar-refractivity contribution in [2.24, 2.45) is 0 Å². The summed E-state index contributed by atoms with van der Waals surface area (Å²) in [6.45, 7) is 2.30. The summed E-state index contributed by atoms with van der Waals surface area (Å²) in [6, 6.07) is 4.60. The van der Waals surface area contributed by atoms with Gasteiger partial charge in [0.2, 0.25) is 5.92 Å². The van der Waals surface area contributed by atoms with Crippen molar-refractivity contribution in [2.45, 2.75) is 50.8 Å². The van der Waals surface area contributed by atoms with Gasteiger partial charge in [0.05, 0.1) is 10.6 Å². The summed E-state index contributed by atoms with van der Waals surface area (Å²) in [5.74, 6) is -3.53. The predicted molar refractivity (Wildman–Crippen MR) is 94.7 cm³/mol. The fourth-order valence-electron chi connectivity index (χ4n) is 3.25. The van der Waals surface area contributed by atoms with Crippen LogP contribution in [0.15, 0.2) is 29.2 Å². The molecule has 0 unspecified atom stereocenters. The van der Waals surface area contributed by atoms with Crippen molar-refractivity contribution < 1.29 is 18.7 Å². The van der Waals surface area contributed by atoms with E-state index >= 15 is 0 Å². The standard InChI is InChI=1S/C18H19ClF2N2O3/c1-2-23-10-5-11-12(16(23)25)3-4-13(19)14(11)15(24)22-18(26)8-6-17(20,21)7-9-18/h3-5,10,26H,2,6-9H2,1H3,(H,22,24). The van der Waals surface area contributed by atoms with Gasteiger partial charge in [0.15, 0.2) is 0 Å². The van der Waals surface area contributed by atoms with Crippen molar-refractivity contribution >= 4 is 28.3 Å². The molecule has 0 spiro atoms. The Morgan fingerprint density at radius 3 is 2.50 bits per heavy atom. The Hall–Kier alpha value is -1.99. The lowest BCUT2D eigenvalue weighted by atomic mass is 9.88. The number of aromatic nitrogens is 1. The first-order valence-electron chi connectivity index (χ1n) is 8.40. The van der Waals surface area contributed by atoms with Crippen molar-refractivity contribution in [2.75, 3.05) is 0 Å². The van der Waals surface area contributed by atoms with E-state index in [1.807, 2.05) is 6.92 Å². The molecule has 1 aliphatic carbocycles. The molecule has 1 aromatic carbocycles. The molecule has 26 heavy (non-hydrogen) atoms. The average molecular weight is 385 g/mol. The van der Waals surface area contributed by atoms with Gasteiger partial charge in [-0.3, -0.25) is 9.59 Å². The van der Waals surface area contributed by atoms with Gasteiger partial charge in [-0.25, -0.2) is 8.78 Å². The number of fused-ring (bicyclic) bond motifs is 1. The number of aliphatic hydroxyl groups is 1. The zero-order chi connectivity index (χ0) is 19.1. The molecule has 0 bridgehead atoms. The molecule has 1 fully saturated rings. The van der Waals surface area contributed by atoms with E-state index in [1.165, 1.54) is 10.6 Å². The smallest absolute Gasteiger partial charge is 0.258 e. The number of hydrogen-bond donors (Lipinski definition) is 2. The minimum atomic E-state index is -2.83. The Morgan fingerprint density at radius 2 is 1.88 bits per heavy atom. The van der Waals surface area contributed by atoms with Crippen LogP contribution in [0, 0.1) is 0 Å². The molecule has 2 aromatic rings. The maximum atomic E-state index is 13.3. The molecule has 0 atom stereocenters. The summed E-state index contributed by atoms with van der Waals surface area (Å²) in [5, 5.41) is 13.7. The van der Waals surface area contributed by atoms with Crippen LogP contribution in [0.2, 0.25) is 5.02 Å². The van der Waals surface area contributed by atoms with Crippen LogP contribution in [0.25, 0.3) is 10.8 Å². The van der Waals surface area contributed by atoms with Crippen molar-refractivity contribution in [1.82, 2.24) is 9.88 Å². The molecule has 2 N–H and O–H groups in total. The van der Waals surface area contributed by atoms with Crippen LogP contribution in [-0.4, -0.2) is 27.2 Å². The fraction of sp³-hybridized carbons (Fsp3) is 0.444. The van der Waals surface area contributed by atoms with Gasteiger partial charge in [0, 0.05) is 49.2 Å². The molecule has 1 amide bonds. The average Bonchev–Trinajstić information content (AvgIpc) is 2.58. The van der Waals surface area contributed by atoms with Crippen LogP contribution in [0.1, 0.15) is 43.0 Å². The molecule has 1 aromatic heterocycles. The van der Waals surface area contributed by atoms with Gasteiger partial charge >= 0.3 is 0 Å². The number of nitrogens with one attached hydrogen (secondary N) is 1. The van der Waals surface area contributed by atoms with E-state index in [0.29, 0.717) is 17.3 Å². The topological polar surface area (TPSA) is 71.3 Å². The van der Waals surface area contributed by atoms with Crippen molar-refractivity contribution in [3.05, 3.63) is 45.3 Å². The number of aryl methyl sites for hydroxylation is 1. The summed E-state index contributed by atoms with van der Waals surface area (Å²) in [4.78, 5) is 25.2. The number of hydrogen-bond acceptors (Lipinski definition) is 3. The molecule has 1 aliphatic rings. The number of nitrogens with zero attached hydrogens (tertiary/aromatic N) is 1. The zero-order valence-electron chi connectivity index (χ0n) is 14.2. The van der Waals surface area contributed by atoms with E-state index in [-0.39, 0.29) is 29.0 Å². The van der Waals surface area contributed by atoms with Gasteiger partial charge in [-0.15, -0.1) is 0 Å². The Balaban J connectivity index is 1.97. The minimum absolute atomic E-state index is 0.0512. The van der Waals surface area contributed by atoms with E-state index < -0.39 is 30.4 Å². The number of halogens is 3. The monoisotopic (exact) mass is 384 g/mol. The van der Waals surface area contributed by atoms with E-state index in [4.69, 9.17) is 11.6 Å². The molecule has 1 saturated carbocycles. The highest BCUT2D eigenvalue weighted by atomic mass is 35.5. The van der Waals surface area contributed by atoms with Crippen LogP contribution < -0.4 is 10.9 Å². The van der Waals surface area contributed by atoms with E-state index in [1.54, 1.807) is 18.3 Å². The van der Waals surface area contributed by atoms with Crippen LogP contribution in [0.5, 0.6) is 0 Å². The predicted octanol–water partition coefficient (Wildman–Crippen LogP) is 3.30. The molecular formula is C18H19ClF2N2O3. The minimum Gasteiger partial charge on any atom is -0.371 e. The second-order valence-corrected chi connectivity index (χ2v) is 7.04. The second kappa shape index (κ2) is 6.63. The number of alkyl halides is 2. The quantitative estimate of drug-likeness (QED) is 0.797. The highest BCUT2D eigenvalue weighted by Crippen LogP contribution is 2.37. The molecule has 1 heterocycles. The first-order valence-corrected chi connectivity index (χ1v) is 8.78. The third-order valence-electron chi connectivity index (χ3n) is 4.83. The van der Waals surface area contributed by atoms with Crippen molar-refractivity contribution in [1.29, 1.82) is 0 Å². The van der Waals surface area contributed by atoms with E-state index in [2.05, 4.69) is 5.32 Å². The molecule has 0 saturated heterocycles. The lowest BCUT2D eigenvalue weighted by Crippen LogP contribution is -2.52. The SMILES string of the molecule is CCn1ccc2c(C(=O)NC3(O)CCC(F)(F)CC3)c(Cl)ccc2c1=O. The lowest BCUT2D eigenvalue weighted by Gasteiger charge is -2.36. The molecule has 0 aliphatic heterocycles. The Labute approximate surface area is 153 Å². The number of pyridine rings is 1. The molecule has 5 nitrogen and oxygen atoms in total. The lowest BCUT2D eigenvalue weighted by molar-refractivity contribution is -0.112. The molecule has 3 rings (SSSR count). The maximum Gasteiger partial charge on any atom is 0.258 e. The molecule has 8 heteroatoms. The number of carbonyl (C=O) groups excluding carboxylic acids is 1. The van der Waals surface area contributed by atoms with Gasteiger partial charge in [-0.2, -0.15) is 0 Å². The van der Waals surface area contributed by atoms with Crippen molar-refractivity contribution in [3.63, 3.8) is 0 Å². The largest absolute Gasteiger partial charge is 0.371 e. The third-order valence-corrected chi connectivity index (χ3v) is 5.14. The van der Waals surface area contributed by atoms with Crippen molar-refractivity contribution in [3.8, 4) is 0 Å².